The standard InChI is InChI=1S/C32H32F2N4O3/c1-35-27-3-5-28(6-4-27)41-29-10-14-38(15-11-29)32(40)24-2-7-30(36-20-24)31(39)18-22-8-12-37(13-9-22)21-23-16-25(33)19-26(34)17-23/h2-7,16-17,19-20,22,29H,8-15,18,21H2. The smallest absolute Gasteiger partial charge is 0.255 e. The molecule has 1 amide bonds. The number of hydrogen-bond donors (Lipinski definition) is 0. The lowest BCUT2D eigenvalue weighted by atomic mass is 9.90. The Morgan fingerprint density at radius 3 is 2.22 bits per heavy atom. The van der Waals surface area contributed by atoms with Crippen molar-refractivity contribution in [3.05, 3.63) is 101 Å². The zero-order valence-corrected chi connectivity index (χ0v) is 22.8. The van der Waals surface area contributed by atoms with Gasteiger partial charge in [0.25, 0.3) is 5.91 Å². The van der Waals surface area contributed by atoms with Gasteiger partial charge < -0.3 is 9.64 Å². The van der Waals surface area contributed by atoms with Crippen LogP contribution in [0.2, 0.25) is 0 Å². The number of hydrogen-bond acceptors (Lipinski definition) is 5. The Labute approximate surface area is 238 Å². The molecular formula is C32H32F2N4O3. The highest BCUT2D eigenvalue weighted by Crippen LogP contribution is 2.25. The third kappa shape index (κ3) is 7.53. The molecular weight excluding hydrogens is 526 g/mol. The first-order valence-corrected chi connectivity index (χ1v) is 14.0. The zero-order chi connectivity index (χ0) is 28.8. The number of carbonyl (C=O) groups excluding carboxylic acids is 2. The van der Waals surface area contributed by atoms with Crippen molar-refractivity contribution in [1.29, 1.82) is 0 Å². The summed E-state index contributed by atoms with van der Waals surface area (Å²) in [7, 11) is 0. The van der Waals surface area contributed by atoms with Crippen LogP contribution in [0.5, 0.6) is 5.75 Å². The van der Waals surface area contributed by atoms with Crippen molar-refractivity contribution in [2.45, 2.75) is 44.8 Å². The molecule has 41 heavy (non-hydrogen) atoms. The molecule has 9 heteroatoms. The molecule has 212 valence electrons. The first-order valence-electron chi connectivity index (χ1n) is 14.0. The van der Waals surface area contributed by atoms with Gasteiger partial charge in [-0.2, -0.15) is 0 Å². The van der Waals surface area contributed by atoms with Crippen molar-refractivity contribution in [2.75, 3.05) is 26.2 Å². The van der Waals surface area contributed by atoms with Crippen molar-refractivity contribution in [2.24, 2.45) is 5.92 Å². The van der Waals surface area contributed by atoms with Gasteiger partial charge in [-0.25, -0.2) is 13.6 Å². The molecule has 2 aromatic carbocycles. The Morgan fingerprint density at radius 1 is 0.927 bits per heavy atom. The number of rotatable bonds is 8. The molecule has 5 rings (SSSR count). The van der Waals surface area contributed by atoms with Crippen molar-refractivity contribution < 1.29 is 23.1 Å². The summed E-state index contributed by atoms with van der Waals surface area (Å²) in [6.45, 7) is 10.2. The number of nitrogens with zero attached hydrogens (tertiary/aromatic N) is 4. The number of ether oxygens (including phenoxy) is 1. The number of aromatic nitrogens is 1. The monoisotopic (exact) mass is 558 g/mol. The van der Waals surface area contributed by atoms with Gasteiger partial charge in [0.05, 0.1) is 12.1 Å². The lowest BCUT2D eigenvalue weighted by molar-refractivity contribution is 0.0594. The number of likely N-dealkylation sites (tertiary alicyclic amines) is 2. The lowest BCUT2D eigenvalue weighted by Crippen LogP contribution is -2.41. The average Bonchev–Trinajstić information content (AvgIpc) is 2.98. The predicted octanol–water partition coefficient (Wildman–Crippen LogP) is 6.08. The first kappa shape index (κ1) is 28.4. The van der Waals surface area contributed by atoms with Crippen LogP contribution in [0, 0.1) is 24.1 Å². The zero-order valence-electron chi connectivity index (χ0n) is 22.8. The van der Waals surface area contributed by atoms with Crippen LogP contribution in [-0.2, 0) is 6.54 Å². The molecule has 0 unspecified atom stereocenters. The number of amides is 1. The number of ketones is 1. The van der Waals surface area contributed by atoms with Crippen molar-refractivity contribution >= 4 is 17.4 Å². The van der Waals surface area contributed by atoms with Gasteiger partial charge in [0.2, 0.25) is 0 Å². The van der Waals surface area contributed by atoms with Crippen LogP contribution in [0.3, 0.4) is 0 Å². The maximum absolute atomic E-state index is 13.5. The molecule has 0 atom stereocenters. The molecule has 0 radical (unpaired) electrons. The molecule has 0 bridgehead atoms. The highest BCUT2D eigenvalue weighted by molar-refractivity contribution is 5.97. The number of benzene rings is 2. The molecule has 3 heterocycles. The second-order valence-corrected chi connectivity index (χ2v) is 10.8. The molecule has 0 saturated carbocycles. The molecule has 3 aromatic rings. The van der Waals surface area contributed by atoms with Gasteiger partial charge in [-0.1, -0.05) is 12.1 Å². The van der Waals surface area contributed by atoms with E-state index in [1.807, 2.05) is 0 Å². The van der Waals surface area contributed by atoms with Gasteiger partial charge in [-0.15, -0.1) is 0 Å². The van der Waals surface area contributed by atoms with Crippen LogP contribution >= 0.6 is 0 Å². The molecule has 2 saturated heterocycles. The van der Waals surface area contributed by atoms with Gasteiger partial charge in [0.1, 0.15) is 29.2 Å². The number of carbonyl (C=O) groups is 2. The highest BCUT2D eigenvalue weighted by atomic mass is 19.1. The van der Waals surface area contributed by atoms with E-state index in [1.54, 1.807) is 41.3 Å². The minimum atomic E-state index is -0.572. The largest absolute Gasteiger partial charge is 0.490 e. The number of halogens is 2. The van der Waals surface area contributed by atoms with E-state index < -0.39 is 11.6 Å². The topological polar surface area (TPSA) is 67.1 Å². The maximum Gasteiger partial charge on any atom is 0.255 e. The molecule has 2 fully saturated rings. The number of pyridine rings is 1. The number of piperidine rings is 2. The Balaban J connectivity index is 1.06. The van der Waals surface area contributed by atoms with E-state index in [4.69, 9.17) is 11.3 Å². The first-order chi connectivity index (χ1) is 19.9. The quantitative estimate of drug-likeness (QED) is 0.248. The van der Waals surface area contributed by atoms with Crippen LogP contribution < -0.4 is 4.74 Å². The Bertz CT molecular complexity index is 1390. The summed E-state index contributed by atoms with van der Waals surface area (Å²) >= 11 is 0. The summed E-state index contributed by atoms with van der Waals surface area (Å²) in [6, 6.07) is 13.9. The van der Waals surface area contributed by atoms with E-state index in [-0.39, 0.29) is 23.7 Å². The molecule has 0 spiro atoms. The SMILES string of the molecule is [C-]#[N+]c1ccc(OC2CCN(C(=O)c3ccc(C(=O)CC4CCN(Cc5cc(F)cc(F)c5)CC4)nc3)CC2)cc1. The highest BCUT2D eigenvalue weighted by Gasteiger charge is 2.26. The van der Waals surface area contributed by atoms with Gasteiger partial charge in [-0.05, 0) is 73.8 Å². The van der Waals surface area contributed by atoms with E-state index in [2.05, 4.69) is 14.7 Å². The summed E-state index contributed by atoms with van der Waals surface area (Å²) in [6.07, 6.45) is 4.94. The third-order valence-corrected chi connectivity index (χ3v) is 7.80. The van der Waals surface area contributed by atoms with Crippen LogP contribution in [-0.4, -0.2) is 58.8 Å². The molecule has 0 N–H and O–H groups in total. The Morgan fingerprint density at radius 2 is 1.61 bits per heavy atom. The van der Waals surface area contributed by atoms with Gasteiger partial charge in [0, 0.05) is 51.2 Å². The summed E-state index contributed by atoms with van der Waals surface area (Å²) in [5.74, 6) is -0.356. The second-order valence-electron chi connectivity index (χ2n) is 10.8. The van der Waals surface area contributed by atoms with E-state index in [0.717, 1.165) is 37.7 Å². The summed E-state index contributed by atoms with van der Waals surface area (Å²) < 4.78 is 33.0. The van der Waals surface area contributed by atoms with Crippen molar-refractivity contribution in [3.8, 4) is 5.75 Å². The molecule has 2 aliphatic rings. The van der Waals surface area contributed by atoms with E-state index in [0.29, 0.717) is 61.4 Å². The van der Waals surface area contributed by atoms with Crippen LogP contribution in [0.15, 0.2) is 60.8 Å². The molecule has 0 aliphatic carbocycles. The van der Waals surface area contributed by atoms with E-state index >= 15 is 0 Å². The van der Waals surface area contributed by atoms with Crippen LogP contribution in [0.25, 0.3) is 4.85 Å². The normalized spacial score (nSPS) is 16.8. The predicted molar refractivity (Wildman–Crippen MR) is 150 cm³/mol. The van der Waals surface area contributed by atoms with Gasteiger partial charge in [0.15, 0.2) is 11.5 Å². The fourth-order valence-electron chi connectivity index (χ4n) is 5.51. The van der Waals surface area contributed by atoms with Gasteiger partial charge >= 0.3 is 0 Å². The summed E-state index contributed by atoms with van der Waals surface area (Å²) in [5, 5.41) is 0. The van der Waals surface area contributed by atoms with Crippen LogP contribution in [0.1, 0.15) is 58.5 Å². The van der Waals surface area contributed by atoms with E-state index in [1.165, 1.54) is 18.3 Å². The average molecular weight is 559 g/mol. The minimum Gasteiger partial charge on any atom is -0.490 e. The summed E-state index contributed by atoms with van der Waals surface area (Å²) in [4.78, 5) is 37.5. The van der Waals surface area contributed by atoms with Crippen molar-refractivity contribution in [3.63, 3.8) is 0 Å². The Hall–Kier alpha value is -4.16. The van der Waals surface area contributed by atoms with E-state index in [9.17, 15) is 18.4 Å². The number of Topliss-reactive ketones (excluding diaryl/α,β-unsaturated/α-hetero) is 1. The fourth-order valence-corrected chi connectivity index (χ4v) is 5.51. The third-order valence-electron chi connectivity index (χ3n) is 7.80. The Kier molecular flexibility index (Phi) is 9.00. The lowest BCUT2D eigenvalue weighted by Gasteiger charge is -2.32. The maximum atomic E-state index is 13.5. The fraction of sp³-hybridized carbons (Fsp3) is 0.375. The summed E-state index contributed by atoms with van der Waals surface area (Å²) in [5.41, 5.74) is 1.99. The van der Waals surface area contributed by atoms with Gasteiger partial charge in [-0.3, -0.25) is 19.5 Å². The van der Waals surface area contributed by atoms with Crippen LogP contribution in [0.4, 0.5) is 14.5 Å². The second kappa shape index (κ2) is 13.0. The molecule has 1 aromatic heterocycles. The minimum absolute atomic E-state index is 0.00663. The van der Waals surface area contributed by atoms with Crippen molar-refractivity contribution in [1.82, 2.24) is 14.8 Å². The molecule has 7 nitrogen and oxygen atoms in total. The molecule has 2 aliphatic heterocycles.